The van der Waals surface area contributed by atoms with Gasteiger partial charge >= 0.3 is 0 Å². The second-order valence-corrected chi connectivity index (χ2v) is 6.05. The summed E-state index contributed by atoms with van der Waals surface area (Å²) in [4.78, 5) is 19.0. The number of fused-ring (bicyclic) bond motifs is 3. The van der Waals surface area contributed by atoms with E-state index in [4.69, 9.17) is 4.74 Å². The normalized spacial score (nSPS) is 19.1. The van der Waals surface area contributed by atoms with E-state index in [0.717, 1.165) is 29.5 Å². The van der Waals surface area contributed by atoms with Gasteiger partial charge in [-0.1, -0.05) is 6.92 Å². The number of ether oxygens (including phenoxy) is 1. The molecule has 1 aliphatic carbocycles. The van der Waals surface area contributed by atoms with E-state index >= 15 is 0 Å². The highest BCUT2D eigenvalue weighted by molar-refractivity contribution is 7.18. The van der Waals surface area contributed by atoms with Gasteiger partial charge in [-0.3, -0.25) is 9.36 Å². The molecule has 2 heterocycles. The molecule has 18 heavy (non-hydrogen) atoms. The first-order valence-electron chi connectivity index (χ1n) is 6.19. The molecular formula is C13H16N2O2S. The zero-order valence-electron chi connectivity index (χ0n) is 10.6. The van der Waals surface area contributed by atoms with Crippen LogP contribution in [-0.4, -0.2) is 16.7 Å². The van der Waals surface area contributed by atoms with Gasteiger partial charge in [0, 0.05) is 12.0 Å². The molecule has 0 fully saturated rings. The largest absolute Gasteiger partial charge is 0.364 e. The van der Waals surface area contributed by atoms with Crippen LogP contribution in [0.15, 0.2) is 11.1 Å². The first kappa shape index (κ1) is 11.9. The van der Waals surface area contributed by atoms with Crippen molar-refractivity contribution >= 4 is 21.6 Å². The van der Waals surface area contributed by atoms with Gasteiger partial charge < -0.3 is 4.74 Å². The summed E-state index contributed by atoms with van der Waals surface area (Å²) in [5.41, 5.74) is 1.27. The molecule has 0 radical (unpaired) electrons. The van der Waals surface area contributed by atoms with E-state index in [1.807, 2.05) is 0 Å². The first-order chi connectivity index (χ1) is 8.70. The Hall–Kier alpha value is -1.20. The van der Waals surface area contributed by atoms with Crippen LogP contribution in [0.3, 0.4) is 0 Å². The number of methoxy groups -OCH3 is 1. The Labute approximate surface area is 109 Å². The van der Waals surface area contributed by atoms with Gasteiger partial charge in [0.15, 0.2) is 0 Å². The summed E-state index contributed by atoms with van der Waals surface area (Å²) in [6.07, 6.45) is 4.83. The van der Waals surface area contributed by atoms with Crippen LogP contribution in [0.2, 0.25) is 0 Å². The Morgan fingerprint density at radius 1 is 1.61 bits per heavy atom. The summed E-state index contributed by atoms with van der Waals surface area (Å²) in [6, 6.07) is 0. The molecule has 0 unspecified atom stereocenters. The number of aryl methyl sites for hydroxylation is 1. The van der Waals surface area contributed by atoms with E-state index in [1.54, 1.807) is 24.8 Å². The van der Waals surface area contributed by atoms with Crippen LogP contribution in [0, 0.1) is 5.92 Å². The topological polar surface area (TPSA) is 44.1 Å². The second kappa shape index (κ2) is 4.48. The molecule has 0 N–H and O–H groups in total. The van der Waals surface area contributed by atoms with Crippen molar-refractivity contribution in [1.29, 1.82) is 0 Å². The maximum Gasteiger partial charge on any atom is 0.264 e. The van der Waals surface area contributed by atoms with Crippen molar-refractivity contribution in [2.24, 2.45) is 5.92 Å². The van der Waals surface area contributed by atoms with Crippen LogP contribution >= 0.6 is 11.3 Å². The Morgan fingerprint density at radius 2 is 2.44 bits per heavy atom. The second-order valence-electron chi connectivity index (χ2n) is 4.97. The number of hydrogen-bond donors (Lipinski definition) is 0. The molecule has 4 nitrogen and oxygen atoms in total. The zero-order chi connectivity index (χ0) is 12.7. The van der Waals surface area contributed by atoms with Crippen molar-refractivity contribution in [2.75, 3.05) is 7.11 Å². The fourth-order valence-electron chi connectivity index (χ4n) is 2.60. The summed E-state index contributed by atoms with van der Waals surface area (Å²) in [6.45, 7) is 2.53. The molecule has 2 aromatic heterocycles. The van der Waals surface area contributed by atoms with Gasteiger partial charge in [-0.15, -0.1) is 11.3 Å². The lowest BCUT2D eigenvalue weighted by Gasteiger charge is -2.17. The highest BCUT2D eigenvalue weighted by Gasteiger charge is 2.22. The fraction of sp³-hybridized carbons (Fsp3) is 0.538. The number of rotatable bonds is 2. The van der Waals surface area contributed by atoms with Gasteiger partial charge in [-0.2, -0.15) is 0 Å². The molecule has 0 aliphatic heterocycles. The molecule has 1 aliphatic rings. The maximum atomic E-state index is 12.4. The summed E-state index contributed by atoms with van der Waals surface area (Å²) in [7, 11) is 1.58. The van der Waals surface area contributed by atoms with Crippen LogP contribution in [-0.2, 0) is 24.3 Å². The molecule has 0 saturated carbocycles. The van der Waals surface area contributed by atoms with Gasteiger partial charge in [0.05, 0.1) is 5.39 Å². The highest BCUT2D eigenvalue weighted by Crippen LogP contribution is 2.35. The minimum atomic E-state index is 0.0360. The summed E-state index contributed by atoms with van der Waals surface area (Å²) in [5.74, 6) is 0.715. The Morgan fingerprint density at radius 3 is 3.22 bits per heavy atom. The van der Waals surface area contributed by atoms with Crippen LogP contribution < -0.4 is 5.56 Å². The molecular weight excluding hydrogens is 248 g/mol. The summed E-state index contributed by atoms with van der Waals surface area (Å²) >= 11 is 1.68. The van der Waals surface area contributed by atoms with E-state index in [0.29, 0.717) is 5.92 Å². The first-order valence-corrected chi connectivity index (χ1v) is 7.01. The number of thiophene rings is 1. The lowest BCUT2D eigenvalue weighted by atomic mass is 9.89. The lowest BCUT2D eigenvalue weighted by molar-refractivity contribution is 0.128. The molecule has 0 spiro atoms. The number of aromatic nitrogens is 2. The number of nitrogens with zero attached hydrogens (tertiary/aromatic N) is 2. The quantitative estimate of drug-likeness (QED) is 0.835. The van der Waals surface area contributed by atoms with Gasteiger partial charge in [-0.25, -0.2) is 4.98 Å². The lowest BCUT2D eigenvalue weighted by Crippen LogP contribution is -2.22. The molecule has 96 valence electrons. The summed E-state index contributed by atoms with van der Waals surface area (Å²) < 4.78 is 6.56. The molecule has 1 atom stereocenters. The van der Waals surface area contributed by atoms with Crippen molar-refractivity contribution < 1.29 is 4.74 Å². The van der Waals surface area contributed by atoms with Crippen molar-refractivity contribution in [3.63, 3.8) is 0 Å². The van der Waals surface area contributed by atoms with Crippen LogP contribution in [0.1, 0.15) is 23.8 Å². The minimum Gasteiger partial charge on any atom is -0.364 e. The standard InChI is InChI=1S/C13H16N2O2S/c1-8-3-4-9-10(5-8)18-12-11(9)13(16)15(6-14-12)7-17-2/h6,8H,3-5,7H2,1-2H3/t8-/m0/s1. The third kappa shape index (κ3) is 1.78. The van der Waals surface area contributed by atoms with E-state index in [2.05, 4.69) is 11.9 Å². The average molecular weight is 264 g/mol. The Bertz CT molecular complexity index is 644. The molecule has 0 aromatic carbocycles. The predicted octanol–water partition coefficient (Wildman–Crippen LogP) is 2.19. The Kier molecular flexibility index (Phi) is 2.95. The fourth-order valence-corrected chi connectivity index (χ4v) is 3.94. The zero-order valence-corrected chi connectivity index (χ0v) is 11.4. The molecule has 0 saturated heterocycles. The van der Waals surface area contributed by atoms with Crippen molar-refractivity contribution in [1.82, 2.24) is 9.55 Å². The molecule has 2 aromatic rings. The van der Waals surface area contributed by atoms with E-state index < -0.39 is 0 Å². The van der Waals surface area contributed by atoms with Gasteiger partial charge in [-0.05, 0) is 30.7 Å². The van der Waals surface area contributed by atoms with E-state index in [9.17, 15) is 4.79 Å². The molecule has 0 bridgehead atoms. The van der Waals surface area contributed by atoms with Gasteiger partial charge in [0.2, 0.25) is 0 Å². The van der Waals surface area contributed by atoms with Crippen LogP contribution in [0.25, 0.3) is 10.2 Å². The van der Waals surface area contributed by atoms with Gasteiger partial charge in [0.1, 0.15) is 17.9 Å². The predicted molar refractivity (Wildman–Crippen MR) is 72.1 cm³/mol. The highest BCUT2D eigenvalue weighted by atomic mass is 32.1. The SMILES string of the molecule is COCn1cnc2sc3c(c2c1=O)CC[C@H](C)C3. The third-order valence-electron chi connectivity index (χ3n) is 3.55. The summed E-state index contributed by atoms with van der Waals surface area (Å²) in [5, 5.41) is 0.821. The smallest absolute Gasteiger partial charge is 0.264 e. The average Bonchev–Trinajstić information content (AvgIpc) is 2.71. The monoisotopic (exact) mass is 264 g/mol. The van der Waals surface area contributed by atoms with Crippen LogP contribution in [0.4, 0.5) is 0 Å². The van der Waals surface area contributed by atoms with Gasteiger partial charge in [0.25, 0.3) is 5.56 Å². The molecule has 5 heteroatoms. The van der Waals surface area contributed by atoms with Crippen molar-refractivity contribution in [3.05, 3.63) is 27.1 Å². The third-order valence-corrected chi connectivity index (χ3v) is 4.71. The van der Waals surface area contributed by atoms with Crippen LogP contribution in [0.5, 0.6) is 0 Å². The Balaban J connectivity index is 2.22. The van der Waals surface area contributed by atoms with Crippen molar-refractivity contribution in [2.45, 2.75) is 32.9 Å². The maximum absolute atomic E-state index is 12.4. The number of hydrogen-bond acceptors (Lipinski definition) is 4. The molecule has 3 rings (SSSR count). The minimum absolute atomic E-state index is 0.0360. The molecule has 0 amide bonds. The van der Waals surface area contributed by atoms with E-state index in [1.165, 1.54) is 15.0 Å². The van der Waals surface area contributed by atoms with E-state index in [-0.39, 0.29) is 12.3 Å². The van der Waals surface area contributed by atoms with Crippen molar-refractivity contribution in [3.8, 4) is 0 Å².